The van der Waals surface area contributed by atoms with Gasteiger partial charge < -0.3 is 14.2 Å². The minimum atomic E-state index is 0.119. The number of rotatable bonds is 5. The van der Waals surface area contributed by atoms with Crippen LogP contribution in [0.2, 0.25) is 0 Å². The fourth-order valence-corrected chi connectivity index (χ4v) is 2.95. The van der Waals surface area contributed by atoms with Crippen molar-refractivity contribution in [3.63, 3.8) is 0 Å². The summed E-state index contributed by atoms with van der Waals surface area (Å²) in [5.74, 6) is 1.35. The number of amides is 1. The average Bonchev–Trinajstić information content (AvgIpc) is 3.11. The molecule has 0 spiro atoms. The highest BCUT2D eigenvalue weighted by atomic mass is 16.5. The Morgan fingerprint density at radius 2 is 1.85 bits per heavy atom. The van der Waals surface area contributed by atoms with Gasteiger partial charge in [-0.2, -0.15) is 4.98 Å². The standard InChI is InChI=1S/C20H27N3O3/c1-20(2,3)16-9-7-15(8-10-16)19-21-17(26-22-19)5-4-6-18(24)23-11-13-25-14-12-23/h7-10H,4-6,11-14H2,1-3H3. The second-order valence-electron chi connectivity index (χ2n) is 7.69. The number of carbonyl (C=O) groups is 1. The zero-order valence-corrected chi connectivity index (χ0v) is 15.8. The number of hydrogen-bond donors (Lipinski definition) is 0. The van der Waals surface area contributed by atoms with E-state index in [1.54, 1.807) is 0 Å². The van der Waals surface area contributed by atoms with Gasteiger partial charge in [-0.25, -0.2) is 0 Å². The maximum absolute atomic E-state index is 12.1. The molecule has 2 heterocycles. The first-order valence-corrected chi connectivity index (χ1v) is 9.22. The molecule has 1 aliphatic rings. The summed E-state index contributed by atoms with van der Waals surface area (Å²) in [6.07, 6.45) is 1.82. The normalized spacial score (nSPS) is 15.3. The highest BCUT2D eigenvalue weighted by Gasteiger charge is 2.17. The molecule has 0 radical (unpaired) electrons. The maximum atomic E-state index is 12.1. The van der Waals surface area contributed by atoms with Gasteiger partial charge in [-0.15, -0.1) is 0 Å². The number of hydrogen-bond acceptors (Lipinski definition) is 5. The number of aromatic nitrogens is 2. The van der Waals surface area contributed by atoms with Gasteiger partial charge in [0.2, 0.25) is 17.6 Å². The van der Waals surface area contributed by atoms with Crippen LogP contribution in [0.15, 0.2) is 28.8 Å². The van der Waals surface area contributed by atoms with Crippen molar-refractivity contribution in [3.8, 4) is 11.4 Å². The molecular weight excluding hydrogens is 330 g/mol. The van der Waals surface area contributed by atoms with E-state index in [0.717, 1.165) is 5.56 Å². The van der Waals surface area contributed by atoms with E-state index in [0.29, 0.717) is 57.3 Å². The van der Waals surface area contributed by atoms with E-state index in [1.165, 1.54) is 5.56 Å². The van der Waals surface area contributed by atoms with Crippen LogP contribution < -0.4 is 0 Å². The molecule has 26 heavy (non-hydrogen) atoms. The third-order valence-corrected chi connectivity index (χ3v) is 4.62. The quantitative estimate of drug-likeness (QED) is 0.822. The molecule has 1 aromatic heterocycles. The molecule has 0 bridgehead atoms. The molecule has 3 rings (SSSR count). The van der Waals surface area contributed by atoms with Crippen molar-refractivity contribution < 1.29 is 14.1 Å². The minimum Gasteiger partial charge on any atom is -0.378 e. The predicted molar refractivity (Wildman–Crippen MR) is 98.8 cm³/mol. The number of benzene rings is 1. The molecule has 1 aromatic carbocycles. The van der Waals surface area contributed by atoms with Gasteiger partial charge in [-0.1, -0.05) is 50.2 Å². The van der Waals surface area contributed by atoms with Crippen LogP contribution in [0.1, 0.15) is 45.1 Å². The minimum absolute atomic E-state index is 0.119. The Bertz CT molecular complexity index is 726. The summed E-state index contributed by atoms with van der Waals surface area (Å²) in [6, 6.07) is 8.26. The first kappa shape index (κ1) is 18.6. The Hall–Kier alpha value is -2.21. The summed E-state index contributed by atoms with van der Waals surface area (Å²) in [5.41, 5.74) is 2.33. The predicted octanol–water partition coefficient (Wildman–Crippen LogP) is 3.22. The van der Waals surface area contributed by atoms with E-state index in [-0.39, 0.29) is 11.3 Å². The zero-order valence-electron chi connectivity index (χ0n) is 15.8. The summed E-state index contributed by atoms with van der Waals surface area (Å²) >= 11 is 0. The van der Waals surface area contributed by atoms with Gasteiger partial charge in [0.1, 0.15) is 0 Å². The topological polar surface area (TPSA) is 68.5 Å². The van der Waals surface area contributed by atoms with Gasteiger partial charge in [0.05, 0.1) is 13.2 Å². The highest BCUT2D eigenvalue weighted by Crippen LogP contribution is 2.25. The van der Waals surface area contributed by atoms with Crippen molar-refractivity contribution in [2.45, 2.75) is 45.4 Å². The molecule has 0 saturated carbocycles. The van der Waals surface area contributed by atoms with E-state index in [1.807, 2.05) is 17.0 Å². The van der Waals surface area contributed by atoms with Crippen LogP contribution in [0.3, 0.4) is 0 Å². The van der Waals surface area contributed by atoms with Crippen LogP contribution >= 0.6 is 0 Å². The monoisotopic (exact) mass is 357 g/mol. The fraction of sp³-hybridized carbons (Fsp3) is 0.550. The first-order chi connectivity index (χ1) is 12.4. The molecule has 0 atom stereocenters. The average molecular weight is 357 g/mol. The fourth-order valence-electron chi connectivity index (χ4n) is 2.95. The summed E-state index contributed by atoms with van der Waals surface area (Å²) < 4.78 is 10.6. The number of aryl methyl sites for hydroxylation is 1. The summed E-state index contributed by atoms with van der Waals surface area (Å²) in [7, 11) is 0. The summed E-state index contributed by atoms with van der Waals surface area (Å²) in [6.45, 7) is 9.20. The third kappa shape index (κ3) is 4.69. The molecule has 0 unspecified atom stereocenters. The van der Waals surface area contributed by atoms with E-state index in [2.05, 4.69) is 43.0 Å². The molecular formula is C20H27N3O3. The Labute approximate surface area is 154 Å². The molecule has 0 N–H and O–H groups in total. The Balaban J connectivity index is 1.52. The summed E-state index contributed by atoms with van der Waals surface area (Å²) in [4.78, 5) is 18.5. The molecule has 6 heteroatoms. The molecule has 1 amide bonds. The molecule has 1 saturated heterocycles. The van der Waals surface area contributed by atoms with E-state index in [4.69, 9.17) is 9.26 Å². The smallest absolute Gasteiger partial charge is 0.226 e. The number of ether oxygens (including phenoxy) is 1. The van der Waals surface area contributed by atoms with Crippen molar-refractivity contribution in [3.05, 3.63) is 35.7 Å². The first-order valence-electron chi connectivity index (χ1n) is 9.22. The zero-order chi connectivity index (χ0) is 18.6. The maximum Gasteiger partial charge on any atom is 0.226 e. The van der Waals surface area contributed by atoms with Crippen molar-refractivity contribution in [1.82, 2.24) is 15.0 Å². The van der Waals surface area contributed by atoms with Gasteiger partial charge in [-0.05, 0) is 17.4 Å². The Kier molecular flexibility index (Phi) is 5.71. The Morgan fingerprint density at radius 1 is 1.15 bits per heavy atom. The Morgan fingerprint density at radius 3 is 2.50 bits per heavy atom. The van der Waals surface area contributed by atoms with Crippen LogP contribution in [0, 0.1) is 0 Å². The van der Waals surface area contributed by atoms with Gasteiger partial charge in [0.25, 0.3) is 0 Å². The van der Waals surface area contributed by atoms with Crippen LogP contribution in [-0.2, 0) is 21.4 Å². The van der Waals surface area contributed by atoms with Crippen LogP contribution in [0.25, 0.3) is 11.4 Å². The summed E-state index contributed by atoms with van der Waals surface area (Å²) in [5, 5.41) is 4.07. The van der Waals surface area contributed by atoms with E-state index < -0.39 is 0 Å². The molecule has 1 fully saturated rings. The lowest BCUT2D eigenvalue weighted by molar-refractivity contribution is -0.135. The second kappa shape index (κ2) is 7.99. The number of nitrogens with zero attached hydrogens (tertiary/aromatic N) is 3. The lowest BCUT2D eigenvalue weighted by Crippen LogP contribution is -2.40. The van der Waals surface area contributed by atoms with E-state index in [9.17, 15) is 4.79 Å². The van der Waals surface area contributed by atoms with Crippen molar-refractivity contribution in [2.24, 2.45) is 0 Å². The SMILES string of the molecule is CC(C)(C)c1ccc(-c2noc(CCCC(=O)N3CCOCC3)n2)cc1. The second-order valence-corrected chi connectivity index (χ2v) is 7.69. The molecule has 140 valence electrons. The van der Waals surface area contributed by atoms with Crippen molar-refractivity contribution in [2.75, 3.05) is 26.3 Å². The van der Waals surface area contributed by atoms with Crippen LogP contribution in [-0.4, -0.2) is 47.3 Å². The molecule has 1 aliphatic heterocycles. The van der Waals surface area contributed by atoms with Crippen LogP contribution in [0.5, 0.6) is 0 Å². The van der Waals surface area contributed by atoms with Gasteiger partial charge in [0, 0.05) is 31.5 Å². The molecule has 2 aromatic rings. The van der Waals surface area contributed by atoms with Crippen molar-refractivity contribution in [1.29, 1.82) is 0 Å². The van der Waals surface area contributed by atoms with Gasteiger partial charge in [0.15, 0.2) is 0 Å². The highest BCUT2D eigenvalue weighted by molar-refractivity contribution is 5.76. The van der Waals surface area contributed by atoms with Crippen LogP contribution in [0.4, 0.5) is 0 Å². The lowest BCUT2D eigenvalue weighted by Gasteiger charge is -2.26. The molecule has 6 nitrogen and oxygen atoms in total. The largest absolute Gasteiger partial charge is 0.378 e. The van der Waals surface area contributed by atoms with Gasteiger partial charge >= 0.3 is 0 Å². The number of morpholine rings is 1. The van der Waals surface area contributed by atoms with E-state index >= 15 is 0 Å². The van der Waals surface area contributed by atoms with Gasteiger partial charge in [-0.3, -0.25) is 4.79 Å². The molecule has 0 aliphatic carbocycles. The third-order valence-electron chi connectivity index (χ3n) is 4.62. The van der Waals surface area contributed by atoms with Crippen molar-refractivity contribution >= 4 is 5.91 Å². The number of carbonyl (C=O) groups excluding carboxylic acids is 1. The lowest BCUT2D eigenvalue weighted by atomic mass is 9.87.